The molecule has 0 aliphatic rings. The predicted molar refractivity (Wildman–Crippen MR) is 105 cm³/mol. The first-order valence-corrected chi connectivity index (χ1v) is 9.76. The third kappa shape index (κ3) is 4.67. The van der Waals surface area contributed by atoms with Gasteiger partial charge in [-0.2, -0.15) is 0 Å². The minimum Gasteiger partial charge on any atom is -0.426 e. The number of ether oxygens (including phenoxy) is 1. The molecule has 1 unspecified atom stereocenters. The highest BCUT2D eigenvalue weighted by Gasteiger charge is 2.24. The molecule has 0 spiro atoms. The van der Waals surface area contributed by atoms with Gasteiger partial charge in [-0.15, -0.1) is 0 Å². The number of carbonyl (C=O) groups is 1. The summed E-state index contributed by atoms with van der Waals surface area (Å²) >= 11 is 0. The third-order valence-electron chi connectivity index (χ3n) is 3.95. The molecule has 132 valence electrons. The lowest BCUT2D eigenvalue weighted by Gasteiger charge is -2.17. The second-order valence-electron chi connectivity index (χ2n) is 6.02. The zero-order chi connectivity index (χ0) is 18.4. The van der Waals surface area contributed by atoms with Gasteiger partial charge in [-0.25, -0.2) is 0 Å². The largest absolute Gasteiger partial charge is 0.426 e. The van der Waals surface area contributed by atoms with Crippen LogP contribution in [0.3, 0.4) is 0 Å². The second-order valence-corrected chi connectivity index (χ2v) is 7.54. The Morgan fingerprint density at radius 3 is 2.00 bits per heavy atom. The summed E-state index contributed by atoms with van der Waals surface area (Å²) < 4.78 is 18.4. The number of esters is 1. The minimum absolute atomic E-state index is 0.164. The number of carbonyl (C=O) groups excluding carboxylic acids is 1. The van der Waals surface area contributed by atoms with E-state index in [-0.39, 0.29) is 11.0 Å². The number of aryl methyl sites for hydroxylation is 1. The SMILES string of the molecule is Cc1cccc(OC(=O)CS(=O)C(c2ccccc2)c2ccccc2)c1. The molecule has 1 atom stereocenters. The molecule has 26 heavy (non-hydrogen) atoms. The Morgan fingerprint density at radius 2 is 1.46 bits per heavy atom. The van der Waals surface area contributed by atoms with Crippen LogP contribution >= 0.6 is 0 Å². The molecule has 0 aliphatic heterocycles. The molecule has 0 fully saturated rings. The summed E-state index contributed by atoms with van der Waals surface area (Å²) in [7, 11) is -1.44. The Labute approximate surface area is 156 Å². The summed E-state index contributed by atoms with van der Waals surface area (Å²) in [6.45, 7) is 1.93. The van der Waals surface area contributed by atoms with Crippen molar-refractivity contribution < 1.29 is 13.7 Å². The van der Waals surface area contributed by atoms with Crippen LogP contribution in [-0.4, -0.2) is 15.9 Å². The zero-order valence-electron chi connectivity index (χ0n) is 14.5. The Kier molecular flexibility index (Phi) is 5.97. The summed E-state index contributed by atoms with van der Waals surface area (Å²) in [4.78, 5) is 12.3. The molecule has 3 aromatic rings. The van der Waals surface area contributed by atoms with Crippen molar-refractivity contribution in [2.45, 2.75) is 12.2 Å². The smallest absolute Gasteiger partial charge is 0.323 e. The summed E-state index contributed by atoms with van der Waals surface area (Å²) in [6.07, 6.45) is 0. The molecule has 3 aromatic carbocycles. The first kappa shape index (κ1) is 18.1. The highest BCUT2D eigenvalue weighted by molar-refractivity contribution is 7.86. The maximum atomic E-state index is 13.0. The van der Waals surface area contributed by atoms with E-state index in [0.29, 0.717) is 5.75 Å². The van der Waals surface area contributed by atoms with Gasteiger partial charge in [0.05, 0.1) is 5.25 Å². The van der Waals surface area contributed by atoms with E-state index in [1.165, 1.54) is 0 Å². The average Bonchev–Trinajstić information content (AvgIpc) is 2.63. The van der Waals surface area contributed by atoms with Crippen LogP contribution in [0.4, 0.5) is 0 Å². The molecule has 0 aromatic heterocycles. The van der Waals surface area contributed by atoms with Crippen molar-refractivity contribution in [2.75, 3.05) is 5.75 Å². The van der Waals surface area contributed by atoms with Crippen molar-refractivity contribution in [3.8, 4) is 5.75 Å². The van der Waals surface area contributed by atoms with Crippen molar-refractivity contribution in [1.82, 2.24) is 0 Å². The molecule has 0 heterocycles. The molecule has 3 rings (SSSR count). The van der Waals surface area contributed by atoms with Crippen LogP contribution in [0.5, 0.6) is 5.75 Å². The molecule has 0 aliphatic carbocycles. The molecule has 0 saturated carbocycles. The Balaban J connectivity index is 1.79. The third-order valence-corrected chi connectivity index (χ3v) is 5.54. The van der Waals surface area contributed by atoms with E-state index in [1.807, 2.05) is 79.7 Å². The van der Waals surface area contributed by atoms with Crippen LogP contribution in [0.2, 0.25) is 0 Å². The molecule has 0 saturated heterocycles. The van der Waals surface area contributed by atoms with Gasteiger partial charge in [-0.3, -0.25) is 9.00 Å². The number of hydrogen-bond donors (Lipinski definition) is 0. The van der Waals surface area contributed by atoms with Gasteiger partial charge in [-0.1, -0.05) is 72.8 Å². The van der Waals surface area contributed by atoms with Crippen molar-refractivity contribution in [2.24, 2.45) is 0 Å². The summed E-state index contributed by atoms with van der Waals surface area (Å²) in [5.74, 6) is -0.184. The Bertz CT molecular complexity index is 852. The lowest BCUT2D eigenvalue weighted by atomic mass is 10.0. The fourth-order valence-corrected chi connectivity index (χ4v) is 4.17. The topological polar surface area (TPSA) is 43.4 Å². The van der Waals surface area contributed by atoms with E-state index in [1.54, 1.807) is 12.1 Å². The normalized spacial score (nSPS) is 11.9. The van der Waals surface area contributed by atoms with Gasteiger partial charge in [0.25, 0.3) is 0 Å². The van der Waals surface area contributed by atoms with E-state index >= 15 is 0 Å². The van der Waals surface area contributed by atoms with E-state index < -0.39 is 16.8 Å². The van der Waals surface area contributed by atoms with Gasteiger partial charge in [0.2, 0.25) is 0 Å². The minimum atomic E-state index is -1.44. The van der Waals surface area contributed by atoms with Gasteiger partial charge in [0.15, 0.2) is 0 Å². The second kappa shape index (κ2) is 8.59. The maximum Gasteiger partial charge on any atom is 0.323 e. The number of benzene rings is 3. The molecule has 0 amide bonds. The molecular formula is C22H20O3S. The lowest BCUT2D eigenvalue weighted by molar-refractivity contribution is -0.131. The van der Waals surface area contributed by atoms with Gasteiger partial charge < -0.3 is 4.74 Å². The highest BCUT2D eigenvalue weighted by Crippen LogP contribution is 2.28. The zero-order valence-corrected chi connectivity index (χ0v) is 15.3. The monoisotopic (exact) mass is 364 g/mol. The average molecular weight is 364 g/mol. The maximum absolute atomic E-state index is 13.0. The van der Waals surface area contributed by atoms with Gasteiger partial charge in [-0.05, 0) is 35.7 Å². The summed E-state index contributed by atoms with van der Waals surface area (Å²) in [5.41, 5.74) is 2.84. The number of hydrogen-bond acceptors (Lipinski definition) is 3. The van der Waals surface area contributed by atoms with Crippen LogP contribution in [0.1, 0.15) is 21.9 Å². The van der Waals surface area contributed by atoms with Crippen molar-refractivity contribution in [3.63, 3.8) is 0 Å². The molecular weight excluding hydrogens is 344 g/mol. The lowest BCUT2D eigenvalue weighted by Crippen LogP contribution is -2.21. The first-order valence-electron chi connectivity index (χ1n) is 8.38. The Morgan fingerprint density at radius 1 is 0.885 bits per heavy atom. The highest BCUT2D eigenvalue weighted by atomic mass is 32.2. The fourth-order valence-electron chi connectivity index (χ4n) is 2.79. The van der Waals surface area contributed by atoms with Crippen LogP contribution in [0.15, 0.2) is 84.9 Å². The van der Waals surface area contributed by atoms with Gasteiger partial charge in [0.1, 0.15) is 11.5 Å². The van der Waals surface area contributed by atoms with Crippen molar-refractivity contribution in [3.05, 3.63) is 102 Å². The predicted octanol–water partition coefficient (Wildman–Crippen LogP) is 4.44. The molecule has 3 nitrogen and oxygen atoms in total. The standard InChI is InChI=1S/C22H20O3S/c1-17-9-8-14-20(15-17)25-21(23)16-26(24)22(18-10-4-2-5-11-18)19-12-6-3-7-13-19/h2-15,22H,16H2,1H3. The van der Waals surface area contributed by atoms with E-state index in [2.05, 4.69) is 0 Å². The molecule has 0 bridgehead atoms. The molecule has 0 N–H and O–H groups in total. The fraction of sp³-hybridized carbons (Fsp3) is 0.136. The van der Waals surface area contributed by atoms with Crippen LogP contribution in [-0.2, 0) is 15.6 Å². The van der Waals surface area contributed by atoms with E-state index in [4.69, 9.17) is 4.74 Å². The number of rotatable bonds is 6. The van der Waals surface area contributed by atoms with E-state index in [9.17, 15) is 9.00 Å². The summed E-state index contributed by atoms with van der Waals surface area (Å²) in [6, 6.07) is 26.5. The van der Waals surface area contributed by atoms with Crippen molar-refractivity contribution in [1.29, 1.82) is 0 Å². The van der Waals surface area contributed by atoms with Crippen LogP contribution < -0.4 is 4.74 Å². The molecule has 4 heteroatoms. The molecule has 0 radical (unpaired) electrons. The quantitative estimate of drug-likeness (QED) is 0.480. The van der Waals surface area contributed by atoms with Crippen LogP contribution in [0, 0.1) is 6.92 Å². The summed E-state index contributed by atoms with van der Waals surface area (Å²) in [5, 5.41) is -0.373. The Hall–Kier alpha value is -2.72. The van der Waals surface area contributed by atoms with E-state index in [0.717, 1.165) is 16.7 Å². The van der Waals surface area contributed by atoms with Crippen LogP contribution in [0.25, 0.3) is 0 Å². The van der Waals surface area contributed by atoms with Gasteiger partial charge in [0, 0.05) is 10.8 Å². The first-order chi connectivity index (χ1) is 12.6. The van der Waals surface area contributed by atoms with Gasteiger partial charge >= 0.3 is 5.97 Å². The van der Waals surface area contributed by atoms with Crippen molar-refractivity contribution >= 4 is 16.8 Å².